The quantitative estimate of drug-likeness (QED) is 0.0491. The highest BCUT2D eigenvalue weighted by Crippen LogP contribution is 2.36. The Bertz CT molecular complexity index is 6080. The average molecular weight is 1770 g/mol. The molecule has 0 fully saturated rings. The number of halogens is 9. The number of hydrogen-bond donors (Lipinski definition) is 6. The van der Waals surface area contributed by atoms with E-state index in [0.717, 1.165) is 33.6 Å². The topological polar surface area (TPSA) is 296 Å². The van der Waals surface area contributed by atoms with Gasteiger partial charge in [-0.05, 0) is 236 Å². The number of amides is 5. The highest BCUT2D eigenvalue weighted by Gasteiger charge is 2.20. The summed E-state index contributed by atoms with van der Waals surface area (Å²) in [6, 6.07) is 73.6. The van der Waals surface area contributed by atoms with Crippen LogP contribution < -0.4 is 31.7 Å². The fourth-order valence-electron chi connectivity index (χ4n) is 10.8. The third-order valence-electron chi connectivity index (χ3n) is 16.5. The number of hydrogen-bond acceptors (Lipinski definition) is 15. The predicted molar refractivity (Wildman–Crippen MR) is 470 cm³/mol. The molecule has 15 rings (SSSR count). The molecule has 8 heterocycles. The molecule has 8 aromatic heterocycles. The highest BCUT2D eigenvalue weighted by molar-refractivity contribution is 7.89. The van der Waals surface area contributed by atoms with Gasteiger partial charge in [0.05, 0.1) is 85.1 Å². The largest absolute Gasteiger partial charge is 0.322 e. The van der Waals surface area contributed by atoms with Gasteiger partial charge in [-0.1, -0.05) is 135 Å². The van der Waals surface area contributed by atoms with Gasteiger partial charge in [-0.2, -0.15) is 4.39 Å². The summed E-state index contributed by atoms with van der Waals surface area (Å²) >= 11 is 50.3. The number of aryl methyl sites for hydroxylation is 1. The summed E-state index contributed by atoms with van der Waals surface area (Å²) in [6.07, 6.45) is 9.68. The maximum atomic E-state index is 13.5. The van der Waals surface area contributed by atoms with Gasteiger partial charge < -0.3 is 26.6 Å². The molecule has 0 spiro atoms. The summed E-state index contributed by atoms with van der Waals surface area (Å²) in [6.45, 7) is 1.92. The van der Waals surface area contributed by atoms with Crippen molar-refractivity contribution in [3.63, 3.8) is 0 Å². The Labute approximate surface area is 720 Å². The molecule has 590 valence electrons. The fourth-order valence-corrected chi connectivity index (χ4v) is 13.8. The molecule has 0 aliphatic carbocycles. The molecule has 0 saturated carbocycles. The van der Waals surface area contributed by atoms with Gasteiger partial charge in [0.2, 0.25) is 16.0 Å². The Morgan fingerprint density at radius 2 is 0.686 bits per heavy atom. The van der Waals surface area contributed by atoms with Gasteiger partial charge in [0.25, 0.3) is 29.5 Å². The summed E-state index contributed by atoms with van der Waals surface area (Å²) in [4.78, 5) is 90.8. The first-order chi connectivity index (χ1) is 56.8. The smallest absolute Gasteiger partial charge is 0.265 e. The number of nitrogens with two attached hydrogens (primary N) is 1. The Morgan fingerprint density at radius 3 is 1.03 bits per heavy atom. The van der Waals surface area contributed by atoms with Crippen molar-refractivity contribution in [1.29, 1.82) is 0 Å². The minimum absolute atomic E-state index is 0.0407. The second-order valence-corrected chi connectivity index (χ2v) is 30.3. The van der Waals surface area contributed by atoms with Crippen LogP contribution in [0.3, 0.4) is 0 Å². The number of benzene rings is 7. The zero-order valence-corrected chi connectivity index (χ0v) is 68.8. The summed E-state index contributed by atoms with van der Waals surface area (Å²) in [7, 11) is -3.80. The van der Waals surface area contributed by atoms with E-state index in [1.807, 2.05) is 103 Å². The third-order valence-corrected chi connectivity index (χ3v) is 20.9. The van der Waals surface area contributed by atoms with Crippen molar-refractivity contribution in [2.45, 2.75) is 11.8 Å². The molecule has 0 radical (unpaired) electrons. The van der Waals surface area contributed by atoms with Crippen molar-refractivity contribution in [2.75, 3.05) is 26.6 Å². The fraction of sp³-hybridized carbons (Fsp3) is 0.0115. The lowest BCUT2D eigenvalue weighted by Gasteiger charge is -2.10. The number of anilines is 5. The van der Waals surface area contributed by atoms with Crippen molar-refractivity contribution in [3.8, 4) is 56.3 Å². The molecular formula is C87H60Cl8FN13O7S2. The standard InChI is InChI=1S/C18H12Cl2N2O.C18H14ClN3O3S.C17H10Cl3N3O.C17H11ClFN3O.C17H13ClN2OS/c19-15-6-2-1-5-13(15)18(23)22-12-8-9-16(20)14(11-12)17-7-3-4-10-21-17;19-16-9-6-13(11-15(16)17-3-1-2-10-21-17)22-18(23)12-4-7-14(8-5-12)26(20,24)25;18-13-6-4-10(9-12(13)14-3-1-2-8-21-14)22-17(24)11-5-7-15(19)23-16(11)20;18-14-7-6-11(10-13(14)15-5-1-2-8-20-15)22-17(23)12-4-3-9-21-16(12)19;1-11-7-9-22-16(11)17(21)20-12-5-6-14(18)13(10-12)15-4-2-3-8-19-15/h1-11H,(H,22,23);1-11H,(H,22,23)(H2,20,24,25);1-9H,(H,22,24);1-10H,(H,22,23);2-10H,1H3,(H,20,21). The van der Waals surface area contributed by atoms with E-state index in [1.54, 1.807) is 152 Å². The first-order valence-corrected chi connectivity index (χ1v) is 40.2. The molecule has 15 aromatic rings. The Kier molecular flexibility index (Phi) is 30.5. The van der Waals surface area contributed by atoms with E-state index < -0.39 is 27.8 Å². The van der Waals surface area contributed by atoms with Crippen LogP contribution in [0.1, 0.15) is 56.7 Å². The van der Waals surface area contributed by atoms with Gasteiger partial charge in [-0.15, -0.1) is 11.3 Å². The minimum atomic E-state index is -3.80. The minimum Gasteiger partial charge on any atom is -0.322 e. The van der Waals surface area contributed by atoms with Gasteiger partial charge >= 0.3 is 0 Å². The van der Waals surface area contributed by atoms with Gasteiger partial charge in [0, 0.05) is 99.0 Å². The number of nitrogens with one attached hydrogen (secondary N) is 5. The molecule has 31 heteroatoms. The molecule has 7 N–H and O–H groups in total. The summed E-state index contributed by atoms with van der Waals surface area (Å²) in [5.41, 5.74) is 11.9. The van der Waals surface area contributed by atoms with Gasteiger partial charge in [0.1, 0.15) is 10.3 Å². The molecule has 0 saturated heterocycles. The van der Waals surface area contributed by atoms with Crippen molar-refractivity contribution in [3.05, 3.63) is 382 Å². The van der Waals surface area contributed by atoms with E-state index in [9.17, 15) is 36.8 Å². The maximum absolute atomic E-state index is 13.5. The molecule has 0 bridgehead atoms. The lowest BCUT2D eigenvalue weighted by Crippen LogP contribution is -2.14. The van der Waals surface area contributed by atoms with E-state index >= 15 is 0 Å². The number of thiophene rings is 1. The first-order valence-electron chi connectivity index (χ1n) is 34.8. The Balaban J connectivity index is 0.000000145. The van der Waals surface area contributed by atoms with Crippen LogP contribution in [0.15, 0.2) is 308 Å². The van der Waals surface area contributed by atoms with Crippen LogP contribution in [0, 0.1) is 12.9 Å². The van der Waals surface area contributed by atoms with E-state index in [0.29, 0.717) is 103 Å². The van der Waals surface area contributed by atoms with E-state index in [2.05, 4.69) is 61.5 Å². The van der Waals surface area contributed by atoms with E-state index in [4.69, 9.17) is 97.9 Å². The normalized spacial score (nSPS) is 10.6. The molecule has 0 aliphatic rings. The van der Waals surface area contributed by atoms with Crippen LogP contribution in [0.4, 0.5) is 32.8 Å². The van der Waals surface area contributed by atoms with Gasteiger partial charge in [0.15, 0.2) is 0 Å². The third kappa shape index (κ3) is 24.0. The molecule has 20 nitrogen and oxygen atoms in total. The lowest BCUT2D eigenvalue weighted by molar-refractivity contribution is 0.101. The monoisotopic (exact) mass is 1760 g/mol. The summed E-state index contributed by atoms with van der Waals surface area (Å²) in [5.74, 6) is -2.56. The number of carbonyl (C=O) groups excluding carboxylic acids is 5. The Morgan fingerprint density at radius 1 is 0.347 bits per heavy atom. The summed E-state index contributed by atoms with van der Waals surface area (Å²) < 4.78 is 36.1. The van der Waals surface area contributed by atoms with Crippen molar-refractivity contribution >= 4 is 172 Å². The summed E-state index contributed by atoms with van der Waals surface area (Å²) in [5, 5.41) is 24.2. The second-order valence-electron chi connectivity index (χ2n) is 24.6. The zero-order valence-electron chi connectivity index (χ0n) is 61.2. The van der Waals surface area contributed by atoms with Crippen LogP contribution in [0.5, 0.6) is 0 Å². The molecule has 0 aliphatic heterocycles. The number of primary sulfonamides is 1. The number of pyridine rings is 7. The predicted octanol–water partition coefficient (Wildman–Crippen LogP) is 23.2. The first kappa shape index (κ1) is 86.7. The molecule has 7 aromatic carbocycles. The number of aromatic nitrogens is 7. The van der Waals surface area contributed by atoms with E-state index in [-0.39, 0.29) is 44.1 Å². The molecule has 5 amide bonds. The lowest BCUT2D eigenvalue weighted by atomic mass is 10.1. The van der Waals surface area contributed by atoms with Crippen molar-refractivity contribution in [1.82, 2.24) is 34.9 Å². The van der Waals surface area contributed by atoms with E-state index in [1.165, 1.54) is 66.1 Å². The zero-order chi connectivity index (χ0) is 83.8. The van der Waals surface area contributed by atoms with Crippen LogP contribution in [0.2, 0.25) is 40.4 Å². The van der Waals surface area contributed by atoms with Crippen LogP contribution >= 0.6 is 104 Å². The average Bonchev–Trinajstić information content (AvgIpc) is 0.862. The maximum Gasteiger partial charge on any atom is 0.265 e. The number of sulfonamides is 1. The van der Waals surface area contributed by atoms with Crippen LogP contribution in [-0.4, -0.2) is 72.8 Å². The molecule has 0 unspecified atom stereocenters. The van der Waals surface area contributed by atoms with Gasteiger partial charge in [-0.25, -0.2) is 23.5 Å². The molecule has 0 atom stereocenters. The van der Waals surface area contributed by atoms with Crippen LogP contribution in [0.25, 0.3) is 56.3 Å². The highest BCUT2D eigenvalue weighted by atomic mass is 35.5. The Hall–Kier alpha value is -12.2. The SMILES string of the molecule is Cc1ccsc1C(=O)Nc1ccc(Cl)c(-c2ccccn2)c1.NS(=O)(=O)c1ccc(C(=O)Nc2ccc(Cl)c(-c3ccccn3)c2)cc1.O=C(Nc1ccc(Cl)c(-c2ccccn2)c1)c1ccc(Cl)nc1Cl.O=C(Nc1ccc(Cl)c(-c2ccccn2)c1)c1ccccc1Cl.O=C(Nc1ccc(Cl)c(-c2ccccn2)c1)c1cccnc1F. The molecule has 118 heavy (non-hydrogen) atoms. The number of carbonyl (C=O) groups is 5. The molecular weight excluding hydrogens is 1710 g/mol. The second kappa shape index (κ2) is 41.6. The number of rotatable bonds is 16. The van der Waals surface area contributed by atoms with Crippen molar-refractivity contribution < 1.29 is 36.8 Å². The number of nitrogens with zero attached hydrogens (tertiary/aromatic N) is 7. The van der Waals surface area contributed by atoms with Gasteiger partial charge in [-0.3, -0.25) is 48.9 Å². The van der Waals surface area contributed by atoms with Crippen molar-refractivity contribution in [2.24, 2.45) is 5.14 Å². The van der Waals surface area contributed by atoms with Crippen LogP contribution in [-0.2, 0) is 10.0 Å².